The second-order valence-corrected chi connectivity index (χ2v) is 5.07. The zero-order chi connectivity index (χ0) is 13.9. The summed E-state index contributed by atoms with van der Waals surface area (Å²) >= 11 is 9.16. The van der Waals surface area contributed by atoms with E-state index < -0.39 is 6.10 Å². The van der Waals surface area contributed by atoms with E-state index in [0.717, 1.165) is 0 Å². The van der Waals surface area contributed by atoms with Gasteiger partial charge in [-0.05, 0) is 47.5 Å². The lowest BCUT2D eigenvalue weighted by Crippen LogP contribution is -2.34. The molecule has 0 bridgehead atoms. The zero-order valence-corrected chi connectivity index (χ0v) is 12.6. The monoisotopic (exact) mass is 334 g/mol. The number of carbonyl (C=O) groups excluding carboxylic acids is 1. The van der Waals surface area contributed by atoms with Crippen molar-refractivity contribution >= 4 is 39.1 Å². The highest BCUT2D eigenvalue weighted by Gasteiger charge is 2.23. The Balaban J connectivity index is 3.04. The normalized spacial score (nSPS) is 12.3. The Bertz CT molecular complexity index is 427. The number of anilines is 1. The van der Waals surface area contributed by atoms with Crippen LogP contribution in [0.3, 0.4) is 0 Å². The fraction of sp³-hybridized carbons (Fsp3) is 0.417. The zero-order valence-electron chi connectivity index (χ0n) is 10.3. The molecule has 4 nitrogen and oxygen atoms in total. The van der Waals surface area contributed by atoms with E-state index in [2.05, 4.69) is 15.9 Å². The molecule has 6 heteroatoms. The van der Waals surface area contributed by atoms with E-state index >= 15 is 0 Å². The second kappa shape index (κ2) is 6.41. The molecule has 0 radical (unpaired) electrons. The SMILES string of the molecule is CCN(CC)C(=O)C(O)c1cc(Cl)c(N)c(Br)c1. The van der Waals surface area contributed by atoms with Gasteiger partial charge in [0.25, 0.3) is 5.91 Å². The van der Waals surface area contributed by atoms with Crippen LogP contribution in [0.15, 0.2) is 16.6 Å². The van der Waals surface area contributed by atoms with Crippen LogP contribution in [0.4, 0.5) is 5.69 Å². The van der Waals surface area contributed by atoms with Crippen LogP contribution in [-0.2, 0) is 4.79 Å². The van der Waals surface area contributed by atoms with Crippen molar-refractivity contribution in [2.24, 2.45) is 0 Å². The van der Waals surface area contributed by atoms with Gasteiger partial charge in [-0.2, -0.15) is 0 Å². The smallest absolute Gasteiger partial charge is 0.256 e. The van der Waals surface area contributed by atoms with E-state index in [4.69, 9.17) is 17.3 Å². The average Bonchev–Trinajstić information content (AvgIpc) is 2.35. The number of carbonyl (C=O) groups is 1. The van der Waals surface area contributed by atoms with Crippen molar-refractivity contribution in [3.05, 3.63) is 27.2 Å². The molecule has 0 spiro atoms. The van der Waals surface area contributed by atoms with E-state index in [9.17, 15) is 9.90 Å². The summed E-state index contributed by atoms with van der Waals surface area (Å²) in [5.74, 6) is -0.340. The standard InChI is InChI=1S/C12H16BrClN2O2/c1-3-16(4-2)12(18)11(17)7-5-8(13)10(15)9(14)6-7/h5-6,11,17H,3-4,15H2,1-2H3. The molecular formula is C12H16BrClN2O2. The number of rotatable bonds is 4. The number of likely N-dealkylation sites (N-methyl/N-ethyl adjacent to an activating group) is 1. The first-order valence-electron chi connectivity index (χ1n) is 5.63. The number of nitrogen functional groups attached to an aromatic ring is 1. The lowest BCUT2D eigenvalue weighted by molar-refractivity contribution is -0.140. The van der Waals surface area contributed by atoms with Crippen molar-refractivity contribution in [1.82, 2.24) is 4.90 Å². The Morgan fingerprint density at radius 3 is 2.50 bits per heavy atom. The van der Waals surface area contributed by atoms with Crippen LogP contribution in [0.1, 0.15) is 25.5 Å². The van der Waals surface area contributed by atoms with E-state index in [-0.39, 0.29) is 5.91 Å². The van der Waals surface area contributed by atoms with Gasteiger partial charge >= 0.3 is 0 Å². The Hall–Kier alpha value is -0.780. The maximum absolute atomic E-state index is 12.0. The molecule has 0 aromatic heterocycles. The van der Waals surface area contributed by atoms with Crippen LogP contribution in [0.25, 0.3) is 0 Å². The van der Waals surface area contributed by atoms with Gasteiger partial charge in [-0.3, -0.25) is 4.79 Å². The minimum absolute atomic E-state index is 0.311. The van der Waals surface area contributed by atoms with Crippen LogP contribution < -0.4 is 5.73 Å². The summed E-state index contributed by atoms with van der Waals surface area (Å²) in [5, 5.41) is 10.4. The highest BCUT2D eigenvalue weighted by atomic mass is 79.9. The van der Waals surface area contributed by atoms with Gasteiger partial charge in [0.1, 0.15) is 0 Å². The molecule has 1 rings (SSSR count). The number of amides is 1. The number of nitrogens with two attached hydrogens (primary N) is 1. The van der Waals surface area contributed by atoms with Crippen LogP contribution in [-0.4, -0.2) is 29.0 Å². The number of nitrogens with zero attached hydrogens (tertiary/aromatic N) is 1. The van der Waals surface area contributed by atoms with Gasteiger partial charge in [0, 0.05) is 17.6 Å². The van der Waals surface area contributed by atoms with E-state index in [1.165, 1.54) is 6.07 Å². The van der Waals surface area contributed by atoms with Gasteiger partial charge in [-0.15, -0.1) is 0 Å². The van der Waals surface area contributed by atoms with Crippen molar-refractivity contribution in [2.45, 2.75) is 20.0 Å². The fourth-order valence-corrected chi connectivity index (χ4v) is 2.43. The molecule has 0 heterocycles. The minimum atomic E-state index is -1.22. The summed E-state index contributed by atoms with van der Waals surface area (Å²) in [6.07, 6.45) is -1.22. The maximum atomic E-state index is 12.0. The molecule has 0 aliphatic carbocycles. The number of aliphatic hydroxyl groups excluding tert-OH is 1. The molecule has 18 heavy (non-hydrogen) atoms. The fourth-order valence-electron chi connectivity index (χ4n) is 1.61. The summed E-state index contributed by atoms with van der Waals surface area (Å²) in [6.45, 7) is 4.83. The number of hydrogen-bond acceptors (Lipinski definition) is 3. The van der Waals surface area contributed by atoms with E-state index in [0.29, 0.717) is 33.8 Å². The van der Waals surface area contributed by atoms with E-state index in [1.54, 1.807) is 11.0 Å². The molecule has 0 aliphatic rings. The predicted molar refractivity (Wildman–Crippen MR) is 76.5 cm³/mol. The third kappa shape index (κ3) is 3.16. The molecule has 1 unspecified atom stereocenters. The van der Waals surface area contributed by atoms with Gasteiger partial charge in [0.05, 0.1) is 10.7 Å². The largest absolute Gasteiger partial charge is 0.397 e. The second-order valence-electron chi connectivity index (χ2n) is 3.81. The molecule has 0 fully saturated rings. The first-order chi connectivity index (χ1) is 8.42. The van der Waals surface area contributed by atoms with Gasteiger partial charge in [-0.1, -0.05) is 11.6 Å². The van der Waals surface area contributed by atoms with Crippen molar-refractivity contribution in [3.8, 4) is 0 Å². The first kappa shape index (κ1) is 15.3. The van der Waals surface area contributed by atoms with Crippen molar-refractivity contribution in [1.29, 1.82) is 0 Å². The lowest BCUT2D eigenvalue weighted by Gasteiger charge is -2.22. The summed E-state index contributed by atoms with van der Waals surface area (Å²) in [4.78, 5) is 13.6. The van der Waals surface area contributed by atoms with Crippen LogP contribution in [0.2, 0.25) is 5.02 Å². The molecular weight excluding hydrogens is 320 g/mol. The van der Waals surface area contributed by atoms with Crippen LogP contribution in [0.5, 0.6) is 0 Å². The topological polar surface area (TPSA) is 66.6 Å². The predicted octanol–water partition coefficient (Wildman–Crippen LogP) is 2.59. The van der Waals surface area contributed by atoms with Crippen molar-refractivity contribution in [3.63, 3.8) is 0 Å². The highest BCUT2D eigenvalue weighted by Crippen LogP contribution is 2.32. The number of halogens is 2. The lowest BCUT2D eigenvalue weighted by atomic mass is 10.1. The molecule has 1 amide bonds. The summed E-state index contributed by atoms with van der Waals surface area (Å²) in [7, 11) is 0. The Morgan fingerprint density at radius 1 is 1.50 bits per heavy atom. The first-order valence-corrected chi connectivity index (χ1v) is 6.80. The highest BCUT2D eigenvalue weighted by molar-refractivity contribution is 9.10. The molecule has 0 saturated heterocycles. The molecule has 1 aromatic carbocycles. The van der Waals surface area contributed by atoms with Gasteiger partial charge < -0.3 is 15.7 Å². The van der Waals surface area contributed by atoms with Crippen molar-refractivity contribution in [2.75, 3.05) is 18.8 Å². The molecule has 0 saturated carbocycles. The summed E-state index contributed by atoms with van der Waals surface area (Å²) in [6, 6.07) is 3.11. The summed E-state index contributed by atoms with van der Waals surface area (Å²) < 4.78 is 0.566. The minimum Gasteiger partial charge on any atom is -0.397 e. The van der Waals surface area contributed by atoms with Crippen LogP contribution in [0, 0.1) is 0 Å². The van der Waals surface area contributed by atoms with Crippen LogP contribution >= 0.6 is 27.5 Å². The maximum Gasteiger partial charge on any atom is 0.256 e. The Labute approximate surface area is 120 Å². The number of aliphatic hydroxyl groups is 1. The van der Waals surface area contributed by atoms with Gasteiger partial charge in [-0.25, -0.2) is 0 Å². The van der Waals surface area contributed by atoms with E-state index in [1.807, 2.05) is 13.8 Å². The summed E-state index contributed by atoms with van der Waals surface area (Å²) in [5.41, 5.74) is 6.50. The Morgan fingerprint density at radius 2 is 2.06 bits per heavy atom. The van der Waals surface area contributed by atoms with Gasteiger partial charge in [0.15, 0.2) is 6.10 Å². The number of benzene rings is 1. The molecule has 1 atom stereocenters. The van der Waals surface area contributed by atoms with Gasteiger partial charge in [0.2, 0.25) is 0 Å². The third-order valence-corrected chi connectivity index (χ3v) is 3.69. The number of hydrogen-bond donors (Lipinski definition) is 2. The average molecular weight is 336 g/mol. The third-order valence-electron chi connectivity index (χ3n) is 2.73. The van der Waals surface area contributed by atoms with Crippen molar-refractivity contribution < 1.29 is 9.90 Å². The molecule has 1 aromatic rings. The quantitative estimate of drug-likeness (QED) is 0.831. The molecule has 100 valence electrons. The molecule has 3 N–H and O–H groups in total. The molecule has 0 aliphatic heterocycles. The Kier molecular flexibility index (Phi) is 5.44.